The smallest absolute Gasteiger partial charge is 0.264 e. The standard InChI is InChI=1S/C22H27N3O4S/c1-16-7-6-10-20(17(16)2)25(30(28,29)19-8-4-3-5-9-19)15-21(26)24-13-11-18(12-14-24)22(23)27/h3-10,18H,11-15H2,1-2H3,(H2,23,27). The van der Waals surface area contributed by atoms with Crippen molar-refractivity contribution in [1.82, 2.24) is 4.90 Å². The molecule has 160 valence electrons. The molecular weight excluding hydrogens is 402 g/mol. The predicted molar refractivity (Wildman–Crippen MR) is 115 cm³/mol. The fourth-order valence-electron chi connectivity index (χ4n) is 3.66. The van der Waals surface area contributed by atoms with E-state index in [0.717, 1.165) is 11.1 Å². The van der Waals surface area contributed by atoms with E-state index in [9.17, 15) is 18.0 Å². The molecule has 30 heavy (non-hydrogen) atoms. The van der Waals surface area contributed by atoms with Crippen LogP contribution in [0.25, 0.3) is 0 Å². The molecule has 8 heteroatoms. The third-order valence-electron chi connectivity index (χ3n) is 5.70. The summed E-state index contributed by atoms with van der Waals surface area (Å²) in [5.74, 6) is -0.888. The Morgan fingerprint density at radius 1 is 1.03 bits per heavy atom. The van der Waals surface area contributed by atoms with Gasteiger partial charge in [0.2, 0.25) is 11.8 Å². The fourth-order valence-corrected chi connectivity index (χ4v) is 5.15. The van der Waals surface area contributed by atoms with E-state index >= 15 is 0 Å². The van der Waals surface area contributed by atoms with Crippen molar-refractivity contribution >= 4 is 27.5 Å². The quantitative estimate of drug-likeness (QED) is 0.761. The number of carbonyl (C=O) groups is 2. The maximum Gasteiger partial charge on any atom is 0.264 e. The van der Waals surface area contributed by atoms with Gasteiger partial charge in [0.1, 0.15) is 6.54 Å². The van der Waals surface area contributed by atoms with Gasteiger partial charge in [-0.05, 0) is 56.0 Å². The molecule has 2 aromatic carbocycles. The van der Waals surface area contributed by atoms with Gasteiger partial charge in [-0.3, -0.25) is 13.9 Å². The van der Waals surface area contributed by atoms with Crippen molar-refractivity contribution in [3.63, 3.8) is 0 Å². The second-order valence-electron chi connectivity index (χ2n) is 7.60. The number of amides is 2. The predicted octanol–water partition coefficient (Wildman–Crippen LogP) is 2.22. The summed E-state index contributed by atoms with van der Waals surface area (Å²) < 4.78 is 28.1. The van der Waals surface area contributed by atoms with E-state index in [1.54, 1.807) is 35.2 Å². The molecule has 0 saturated carbocycles. The summed E-state index contributed by atoms with van der Waals surface area (Å²) in [7, 11) is -3.94. The molecule has 1 aliphatic heterocycles. The average Bonchev–Trinajstić information content (AvgIpc) is 2.74. The minimum absolute atomic E-state index is 0.131. The van der Waals surface area contributed by atoms with Gasteiger partial charge in [0, 0.05) is 19.0 Å². The molecule has 2 amide bonds. The highest BCUT2D eigenvalue weighted by Gasteiger charge is 2.32. The fraction of sp³-hybridized carbons (Fsp3) is 0.364. The minimum Gasteiger partial charge on any atom is -0.369 e. The van der Waals surface area contributed by atoms with Crippen molar-refractivity contribution in [1.29, 1.82) is 0 Å². The number of sulfonamides is 1. The third kappa shape index (κ3) is 4.48. The third-order valence-corrected chi connectivity index (χ3v) is 7.48. The van der Waals surface area contributed by atoms with Gasteiger partial charge in [-0.2, -0.15) is 0 Å². The number of rotatable bonds is 6. The number of likely N-dealkylation sites (tertiary alicyclic amines) is 1. The number of aryl methyl sites for hydroxylation is 1. The van der Waals surface area contributed by atoms with E-state index in [2.05, 4.69) is 0 Å². The highest BCUT2D eigenvalue weighted by Crippen LogP contribution is 2.29. The zero-order valence-corrected chi connectivity index (χ0v) is 18.1. The van der Waals surface area contributed by atoms with Crippen LogP contribution in [0, 0.1) is 19.8 Å². The summed E-state index contributed by atoms with van der Waals surface area (Å²) in [5.41, 5.74) is 7.60. The number of nitrogens with two attached hydrogens (primary N) is 1. The Morgan fingerprint density at radius 2 is 1.67 bits per heavy atom. The van der Waals surface area contributed by atoms with Gasteiger partial charge in [-0.1, -0.05) is 30.3 Å². The molecule has 0 unspecified atom stereocenters. The number of anilines is 1. The number of carbonyl (C=O) groups excluding carboxylic acids is 2. The van der Waals surface area contributed by atoms with E-state index in [1.165, 1.54) is 16.4 Å². The van der Waals surface area contributed by atoms with Crippen LogP contribution in [0.2, 0.25) is 0 Å². The van der Waals surface area contributed by atoms with E-state index < -0.39 is 10.0 Å². The lowest BCUT2D eigenvalue weighted by molar-refractivity contribution is -0.133. The summed E-state index contributed by atoms with van der Waals surface area (Å²) in [4.78, 5) is 26.2. The van der Waals surface area contributed by atoms with Gasteiger partial charge in [-0.25, -0.2) is 8.42 Å². The molecule has 0 radical (unpaired) electrons. The lowest BCUT2D eigenvalue weighted by Gasteiger charge is -2.33. The summed E-state index contributed by atoms with van der Waals surface area (Å²) in [6.07, 6.45) is 0.992. The molecule has 1 heterocycles. The zero-order valence-electron chi connectivity index (χ0n) is 17.2. The number of benzene rings is 2. The summed E-state index contributed by atoms with van der Waals surface area (Å²) in [6.45, 7) is 4.23. The van der Waals surface area contributed by atoms with Crippen LogP contribution < -0.4 is 10.0 Å². The molecule has 1 fully saturated rings. The van der Waals surface area contributed by atoms with E-state index in [-0.39, 0.29) is 29.2 Å². The van der Waals surface area contributed by atoms with Crippen molar-refractivity contribution in [3.05, 3.63) is 59.7 Å². The number of primary amides is 1. The molecule has 7 nitrogen and oxygen atoms in total. The van der Waals surface area contributed by atoms with Crippen molar-refractivity contribution in [2.24, 2.45) is 11.7 Å². The molecule has 3 rings (SSSR count). The first kappa shape index (κ1) is 21.8. The zero-order chi connectivity index (χ0) is 21.9. The first-order valence-electron chi connectivity index (χ1n) is 9.93. The first-order valence-corrected chi connectivity index (χ1v) is 11.4. The van der Waals surface area contributed by atoms with Crippen molar-refractivity contribution in [2.45, 2.75) is 31.6 Å². The van der Waals surface area contributed by atoms with Gasteiger partial charge in [0.15, 0.2) is 0 Å². The molecule has 1 saturated heterocycles. The Hall–Kier alpha value is -2.87. The van der Waals surface area contributed by atoms with Gasteiger partial charge in [0.25, 0.3) is 10.0 Å². The monoisotopic (exact) mass is 429 g/mol. The molecule has 0 atom stereocenters. The van der Waals surface area contributed by atoms with Crippen LogP contribution in [0.15, 0.2) is 53.4 Å². The number of nitrogens with zero attached hydrogens (tertiary/aromatic N) is 2. The van der Waals surface area contributed by atoms with E-state index in [4.69, 9.17) is 5.73 Å². The normalized spacial score (nSPS) is 15.1. The Morgan fingerprint density at radius 3 is 2.27 bits per heavy atom. The SMILES string of the molecule is Cc1cccc(N(CC(=O)N2CCC(C(N)=O)CC2)S(=O)(=O)c2ccccc2)c1C. The highest BCUT2D eigenvalue weighted by atomic mass is 32.2. The molecule has 0 aromatic heterocycles. The minimum atomic E-state index is -3.94. The molecule has 2 N–H and O–H groups in total. The van der Waals surface area contributed by atoms with Crippen molar-refractivity contribution < 1.29 is 18.0 Å². The van der Waals surface area contributed by atoms with E-state index in [1.807, 2.05) is 19.9 Å². The molecule has 0 aliphatic carbocycles. The van der Waals surface area contributed by atoms with Crippen molar-refractivity contribution in [2.75, 3.05) is 23.9 Å². The maximum absolute atomic E-state index is 13.4. The van der Waals surface area contributed by atoms with Crippen LogP contribution in [0.1, 0.15) is 24.0 Å². The number of hydrogen-bond acceptors (Lipinski definition) is 4. The van der Waals surface area contributed by atoms with Crippen LogP contribution in [-0.2, 0) is 19.6 Å². The van der Waals surface area contributed by atoms with Crippen LogP contribution in [0.5, 0.6) is 0 Å². The largest absolute Gasteiger partial charge is 0.369 e. The van der Waals surface area contributed by atoms with Gasteiger partial charge in [-0.15, -0.1) is 0 Å². The molecule has 1 aliphatic rings. The van der Waals surface area contributed by atoms with E-state index in [0.29, 0.717) is 31.6 Å². The summed E-state index contributed by atoms with van der Waals surface area (Å²) in [6, 6.07) is 13.5. The Labute approximate surface area is 177 Å². The Bertz CT molecular complexity index is 1030. The average molecular weight is 430 g/mol. The van der Waals surface area contributed by atoms with Gasteiger partial charge >= 0.3 is 0 Å². The van der Waals surface area contributed by atoms with Crippen LogP contribution in [0.3, 0.4) is 0 Å². The van der Waals surface area contributed by atoms with Crippen LogP contribution in [-0.4, -0.2) is 44.8 Å². The van der Waals surface area contributed by atoms with Crippen molar-refractivity contribution in [3.8, 4) is 0 Å². The molecular formula is C22H27N3O4S. The molecule has 2 aromatic rings. The highest BCUT2D eigenvalue weighted by molar-refractivity contribution is 7.92. The van der Waals surface area contributed by atoms with Crippen LogP contribution >= 0.6 is 0 Å². The number of hydrogen-bond donors (Lipinski definition) is 1. The van der Waals surface area contributed by atoms with Crippen LogP contribution in [0.4, 0.5) is 5.69 Å². The lowest BCUT2D eigenvalue weighted by Crippen LogP contribution is -2.47. The second kappa shape index (κ2) is 8.87. The topological polar surface area (TPSA) is 101 Å². The summed E-state index contributed by atoms with van der Waals surface area (Å²) in [5, 5.41) is 0. The lowest BCUT2D eigenvalue weighted by atomic mass is 9.96. The second-order valence-corrected chi connectivity index (χ2v) is 9.46. The Balaban J connectivity index is 1.92. The molecule has 0 spiro atoms. The first-order chi connectivity index (χ1) is 14.2. The van der Waals surface area contributed by atoms with Gasteiger partial charge in [0.05, 0.1) is 10.6 Å². The summed E-state index contributed by atoms with van der Waals surface area (Å²) >= 11 is 0. The maximum atomic E-state index is 13.4. The molecule has 0 bridgehead atoms. The Kier molecular flexibility index (Phi) is 6.45. The van der Waals surface area contributed by atoms with Gasteiger partial charge < -0.3 is 10.6 Å². The number of piperidine rings is 1.